The average Bonchev–Trinajstić information content (AvgIpc) is 3.35. The molecule has 0 saturated carbocycles. The lowest BCUT2D eigenvalue weighted by atomic mass is 9.95. The SMILES string of the molecule is CCc1c(Cc2ccc(-c3ccccc3-c3nn[nH]n3)cc2)[nH]c(=O)c2cccc(O)c12. The number of aromatic nitrogens is 5. The molecule has 3 aromatic carbocycles. The number of pyridine rings is 1. The molecule has 0 bridgehead atoms. The molecule has 0 aliphatic heterocycles. The van der Waals surface area contributed by atoms with Crippen molar-refractivity contribution in [3.05, 3.63) is 93.9 Å². The molecule has 7 heteroatoms. The number of aromatic hydroxyl groups is 1. The van der Waals surface area contributed by atoms with E-state index in [1.54, 1.807) is 18.2 Å². The first-order valence-electron chi connectivity index (χ1n) is 10.4. The van der Waals surface area contributed by atoms with Crippen LogP contribution in [0.1, 0.15) is 23.7 Å². The molecule has 0 amide bonds. The van der Waals surface area contributed by atoms with Crippen LogP contribution in [0.3, 0.4) is 0 Å². The number of phenolic OH excluding ortho intramolecular Hbond substituents is 1. The summed E-state index contributed by atoms with van der Waals surface area (Å²) in [6.07, 6.45) is 1.27. The summed E-state index contributed by atoms with van der Waals surface area (Å²) >= 11 is 0. The molecule has 0 aliphatic rings. The summed E-state index contributed by atoms with van der Waals surface area (Å²) in [7, 11) is 0. The second-order valence-corrected chi connectivity index (χ2v) is 7.62. The molecular weight excluding hydrogens is 402 g/mol. The van der Waals surface area contributed by atoms with Gasteiger partial charge < -0.3 is 10.1 Å². The Bertz CT molecular complexity index is 1450. The van der Waals surface area contributed by atoms with Crippen molar-refractivity contribution in [1.82, 2.24) is 25.6 Å². The number of benzene rings is 3. The quantitative estimate of drug-likeness (QED) is 0.392. The molecule has 0 spiro atoms. The predicted molar refractivity (Wildman–Crippen MR) is 123 cm³/mol. The standard InChI is InChI=1S/C25H21N5O2/c1-2-17-21(26-25(32)20-8-5-9-22(31)23(17)20)14-15-10-12-16(13-11-15)18-6-3-4-7-19(18)24-27-29-30-28-24/h3-13,31H,2,14H2,1H3,(H,26,32)(H,27,28,29,30). The van der Waals surface area contributed by atoms with Gasteiger partial charge in [-0.3, -0.25) is 4.79 Å². The number of nitrogens with one attached hydrogen (secondary N) is 2. The molecule has 158 valence electrons. The summed E-state index contributed by atoms with van der Waals surface area (Å²) in [5.74, 6) is 0.686. The Labute approximate surface area is 183 Å². The number of hydrogen-bond acceptors (Lipinski definition) is 5. The normalized spacial score (nSPS) is 11.2. The van der Waals surface area contributed by atoms with Crippen LogP contribution in [-0.4, -0.2) is 30.7 Å². The number of aromatic amines is 2. The van der Waals surface area contributed by atoms with Crippen molar-refractivity contribution in [2.24, 2.45) is 0 Å². The number of phenols is 1. The minimum Gasteiger partial charge on any atom is -0.507 e. The van der Waals surface area contributed by atoms with E-state index in [0.29, 0.717) is 29.4 Å². The number of nitrogens with zero attached hydrogens (tertiary/aromatic N) is 3. The molecule has 0 fully saturated rings. The molecule has 0 aliphatic carbocycles. The number of tetrazole rings is 1. The number of hydrogen-bond donors (Lipinski definition) is 3. The van der Waals surface area contributed by atoms with E-state index >= 15 is 0 Å². The maximum Gasteiger partial charge on any atom is 0.256 e. The first-order valence-corrected chi connectivity index (χ1v) is 10.4. The second kappa shape index (κ2) is 8.11. The van der Waals surface area contributed by atoms with E-state index in [-0.39, 0.29) is 11.3 Å². The minimum absolute atomic E-state index is 0.139. The smallest absolute Gasteiger partial charge is 0.256 e. The number of rotatable bonds is 5. The van der Waals surface area contributed by atoms with Gasteiger partial charge in [0.05, 0.1) is 5.39 Å². The maximum atomic E-state index is 12.6. The van der Waals surface area contributed by atoms with Gasteiger partial charge in [-0.05, 0) is 46.0 Å². The summed E-state index contributed by atoms with van der Waals surface area (Å²) in [4.78, 5) is 15.6. The van der Waals surface area contributed by atoms with E-state index < -0.39 is 0 Å². The highest BCUT2D eigenvalue weighted by atomic mass is 16.3. The van der Waals surface area contributed by atoms with E-state index in [2.05, 4.69) is 49.9 Å². The Kier molecular flexibility index (Phi) is 4.99. The molecule has 2 aromatic heterocycles. The van der Waals surface area contributed by atoms with Crippen molar-refractivity contribution in [1.29, 1.82) is 0 Å². The number of aryl methyl sites for hydroxylation is 1. The Morgan fingerprint density at radius 2 is 1.72 bits per heavy atom. The van der Waals surface area contributed by atoms with Gasteiger partial charge in [0, 0.05) is 23.1 Å². The summed E-state index contributed by atoms with van der Waals surface area (Å²) in [6, 6.07) is 21.2. The van der Waals surface area contributed by atoms with Gasteiger partial charge in [-0.2, -0.15) is 5.21 Å². The lowest BCUT2D eigenvalue weighted by Gasteiger charge is -2.13. The molecule has 0 radical (unpaired) electrons. The highest BCUT2D eigenvalue weighted by molar-refractivity contribution is 5.91. The van der Waals surface area contributed by atoms with E-state index in [1.807, 2.05) is 31.2 Å². The lowest BCUT2D eigenvalue weighted by Crippen LogP contribution is -2.13. The fourth-order valence-electron chi connectivity index (χ4n) is 4.23. The van der Waals surface area contributed by atoms with Gasteiger partial charge in [0.1, 0.15) is 5.75 Å². The van der Waals surface area contributed by atoms with Crippen LogP contribution in [0, 0.1) is 0 Å². The molecule has 7 nitrogen and oxygen atoms in total. The zero-order valence-corrected chi connectivity index (χ0v) is 17.5. The van der Waals surface area contributed by atoms with Crippen LogP contribution in [0.5, 0.6) is 5.75 Å². The monoisotopic (exact) mass is 423 g/mol. The summed E-state index contributed by atoms with van der Waals surface area (Å²) in [6.45, 7) is 2.03. The van der Waals surface area contributed by atoms with Crippen LogP contribution in [-0.2, 0) is 12.8 Å². The van der Waals surface area contributed by atoms with Gasteiger partial charge in [-0.1, -0.05) is 61.5 Å². The largest absolute Gasteiger partial charge is 0.507 e. The van der Waals surface area contributed by atoms with Crippen molar-refractivity contribution < 1.29 is 5.11 Å². The summed E-state index contributed by atoms with van der Waals surface area (Å²) in [5, 5.41) is 25.9. The Morgan fingerprint density at radius 1 is 0.938 bits per heavy atom. The molecule has 32 heavy (non-hydrogen) atoms. The minimum atomic E-state index is -0.186. The lowest BCUT2D eigenvalue weighted by molar-refractivity contribution is 0.481. The van der Waals surface area contributed by atoms with Crippen molar-refractivity contribution in [3.63, 3.8) is 0 Å². The van der Waals surface area contributed by atoms with Crippen LogP contribution in [0.25, 0.3) is 33.3 Å². The van der Waals surface area contributed by atoms with E-state index in [9.17, 15) is 9.90 Å². The molecule has 0 saturated heterocycles. The van der Waals surface area contributed by atoms with Gasteiger partial charge >= 0.3 is 0 Å². The molecule has 3 N–H and O–H groups in total. The van der Waals surface area contributed by atoms with Crippen LogP contribution in [0.4, 0.5) is 0 Å². The van der Waals surface area contributed by atoms with Crippen LogP contribution < -0.4 is 5.56 Å². The summed E-state index contributed by atoms with van der Waals surface area (Å²) in [5.41, 5.74) is 5.61. The zero-order chi connectivity index (χ0) is 22.1. The van der Waals surface area contributed by atoms with E-state index in [0.717, 1.165) is 33.5 Å². The maximum absolute atomic E-state index is 12.6. The Hall–Kier alpha value is -4.26. The second-order valence-electron chi connectivity index (χ2n) is 7.62. The van der Waals surface area contributed by atoms with Crippen molar-refractivity contribution >= 4 is 10.8 Å². The molecule has 0 atom stereocenters. The van der Waals surface area contributed by atoms with Crippen molar-refractivity contribution in [2.75, 3.05) is 0 Å². The topological polar surface area (TPSA) is 108 Å². The van der Waals surface area contributed by atoms with Crippen LogP contribution in [0.2, 0.25) is 0 Å². The Balaban J connectivity index is 1.52. The predicted octanol–water partition coefficient (Wildman–Crippen LogP) is 4.23. The fraction of sp³-hybridized carbons (Fsp3) is 0.120. The Morgan fingerprint density at radius 3 is 2.44 bits per heavy atom. The molecule has 2 heterocycles. The first kappa shape index (κ1) is 19.7. The number of H-pyrrole nitrogens is 2. The van der Waals surface area contributed by atoms with Crippen molar-refractivity contribution in [2.45, 2.75) is 19.8 Å². The highest BCUT2D eigenvalue weighted by Crippen LogP contribution is 2.31. The van der Waals surface area contributed by atoms with Gasteiger partial charge in [-0.25, -0.2) is 0 Å². The molecular formula is C25H21N5O2. The molecule has 5 rings (SSSR count). The van der Waals surface area contributed by atoms with E-state index in [1.165, 1.54) is 0 Å². The highest BCUT2D eigenvalue weighted by Gasteiger charge is 2.14. The van der Waals surface area contributed by atoms with Gasteiger partial charge in [0.25, 0.3) is 5.56 Å². The van der Waals surface area contributed by atoms with Crippen LogP contribution in [0.15, 0.2) is 71.5 Å². The average molecular weight is 423 g/mol. The molecule has 0 unspecified atom stereocenters. The van der Waals surface area contributed by atoms with Crippen LogP contribution >= 0.6 is 0 Å². The van der Waals surface area contributed by atoms with Crippen molar-refractivity contribution in [3.8, 4) is 28.3 Å². The van der Waals surface area contributed by atoms with Gasteiger partial charge in [0.2, 0.25) is 5.82 Å². The summed E-state index contributed by atoms with van der Waals surface area (Å²) < 4.78 is 0. The third kappa shape index (κ3) is 3.43. The first-order chi connectivity index (χ1) is 15.7. The van der Waals surface area contributed by atoms with Gasteiger partial charge in [0.15, 0.2) is 0 Å². The third-order valence-electron chi connectivity index (χ3n) is 5.73. The number of fused-ring (bicyclic) bond motifs is 1. The van der Waals surface area contributed by atoms with Gasteiger partial charge in [-0.15, -0.1) is 10.2 Å². The van der Waals surface area contributed by atoms with E-state index in [4.69, 9.17) is 0 Å². The fourth-order valence-corrected chi connectivity index (χ4v) is 4.23. The zero-order valence-electron chi connectivity index (χ0n) is 17.5. The third-order valence-corrected chi connectivity index (χ3v) is 5.73. The molecule has 5 aromatic rings.